The highest BCUT2D eigenvalue weighted by atomic mass is 15.1. The fourth-order valence-electron chi connectivity index (χ4n) is 2.16. The standard InChI is InChI=1S/C10H21N/c1-4-6-10-7-5-8-11(3)9(10)2/h9-10H,4-8H2,1-3H3. The summed E-state index contributed by atoms with van der Waals surface area (Å²) in [6, 6.07) is 0.823. The van der Waals surface area contributed by atoms with E-state index in [2.05, 4.69) is 25.8 Å². The van der Waals surface area contributed by atoms with Crippen LogP contribution >= 0.6 is 0 Å². The molecule has 1 nitrogen and oxygen atoms in total. The van der Waals surface area contributed by atoms with Crippen LogP contribution < -0.4 is 0 Å². The van der Waals surface area contributed by atoms with Crippen LogP contribution in [0.2, 0.25) is 0 Å². The summed E-state index contributed by atoms with van der Waals surface area (Å²) < 4.78 is 0. The van der Waals surface area contributed by atoms with Gasteiger partial charge in [-0.3, -0.25) is 0 Å². The number of rotatable bonds is 2. The Kier molecular flexibility index (Phi) is 3.38. The van der Waals surface area contributed by atoms with Crippen molar-refractivity contribution in [2.45, 2.75) is 45.6 Å². The maximum atomic E-state index is 2.50. The molecule has 0 amide bonds. The first-order chi connectivity index (χ1) is 5.25. The van der Waals surface area contributed by atoms with Gasteiger partial charge in [0, 0.05) is 6.04 Å². The Morgan fingerprint density at radius 2 is 2.18 bits per heavy atom. The van der Waals surface area contributed by atoms with Crippen LogP contribution in [-0.4, -0.2) is 24.5 Å². The first-order valence-corrected chi connectivity index (χ1v) is 4.96. The van der Waals surface area contributed by atoms with E-state index in [-0.39, 0.29) is 0 Å². The Morgan fingerprint density at radius 3 is 2.82 bits per heavy atom. The summed E-state index contributed by atoms with van der Waals surface area (Å²) >= 11 is 0. The minimum absolute atomic E-state index is 0.823. The fourth-order valence-corrected chi connectivity index (χ4v) is 2.16. The Morgan fingerprint density at radius 1 is 1.45 bits per heavy atom. The van der Waals surface area contributed by atoms with Crippen molar-refractivity contribution in [2.24, 2.45) is 5.92 Å². The van der Waals surface area contributed by atoms with Gasteiger partial charge in [-0.1, -0.05) is 13.3 Å². The van der Waals surface area contributed by atoms with E-state index in [0.29, 0.717) is 0 Å². The van der Waals surface area contributed by atoms with Gasteiger partial charge >= 0.3 is 0 Å². The average Bonchev–Trinajstić information content (AvgIpc) is 1.99. The third kappa shape index (κ3) is 2.19. The molecule has 0 aliphatic carbocycles. The van der Waals surface area contributed by atoms with E-state index >= 15 is 0 Å². The second kappa shape index (κ2) is 4.10. The fraction of sp³-hybridized carbons (Fsp3) is 1.00. The predicted molar refractivity (Wildman–Crippen MR) is 49.7 cm³/mol. The summed E-state index contributed by atoms with van der Waals surface area (Å²) in [6.07, 6.45) is 5.64. The van der Waals surface area contributed by atoms with Crippen LogP contribution in [0.3, 0.4) is 0 Å². The quantitative estimate of drug-likeness (QED) is 0.592. The Bertz CT molecular complexity index is 109. The first kappa shape index (κ1) is 9.05. The molecule has 1 saturated heterocycles. The van der Waals surface area contributed by atoms with E-state index in [1.807, 2.05) is 0 Å². The monoisotopic (exact) mass is 155 g/mol. The van der Waals surface area contributed by atoms with E-state index in [0.717, 1.165) is 12.0 Å². The van der Waals surface area contributed by atoms with Gasteiger partial charge in [-0.15, -0.1) is 0 Å². The van der Waals surface area contributed by atoms with E-state index in [4.69, 9.17) is 0 Å². The minimum atomic E-state index is 0.823. The minimum Gasteiger partial charge on any atom is -0.303 e. The van der Waals surface area contributed by atoms with E-state index in [1.165, 1.54) is 32.2 Å². The van der Waals surface area contributed by atoms with Crippen molar-refractivity contribution < 1.29 is 0 Å². The molecule has 0 aromatic heterocycles. The van der Waals surface area contributed by atoms with Gasteiger partial charge in [0.1, 0.15) is 0 Å². The van der Waals surface area contributed by atoms with E-state index in [9.17, 15) is 0 Å². The smallest absolute Gasteiger partial charge is 0.00921 e. The Balaban J connectivity index is 2.38. The molecule has 1 fully saturated rings. The van der Waals surface area contributed by atoms with Crippen LogP contribution in [0.1, 0.15) is 39.5 Å². The Hall–Kier alpha value is -0.0400. The van der Waals surface area contributed by atoms with Gasteiger partial charge in [-0.25, -0.2) is 0 Å². The first-order valence-electron chi connectivity index (χ1n) is 4.96. The van der Waals surface area contributed by atoms with Crippen LogP contribution in [-0.2, 0) is 0 Å². The number of hydrogen-bond acceptors (Lipinski definition) is 1. The van der Waals surface area contributed by atoms with Crippen molar-refractivity contribution in [3.05, 3.63) is 0 Å². The zero-order valence-corrected chi connectivity index (χ0v) is 8.14. The van der Waals surface area contributed by atoms with Crippen LogP contribution in [0.25, 0.3) is 0 Å². The number of likely N-dealkylation sites (tertiary alicyclic amines) is 1. The highest BCUT2D eigenvalue weighted by Crippen LogP contribution is 2.25. The summed E-state index contributed by atoms with van der Waals surface area (Å²) in [4.78, 5) is 2.50. The summed E-state index contributed by atoms with van der Waals surface area (Å²) in [5.74, 6) is 0.971. The maximum absolute atomic E-state index is 2.50. The van der Waals surface area contributed by atoms with E-state index < -0.39 is 0 Å². The zero-order valence-electron chi connectivity index (χ0n) is 8.14. The second-order valence-electron chi connectivity index (χ2n) is 3.91. The molecule has 0 saturated carbocycles. The molecule has 1 heterocycles. The highest BCUT2D eigenvalue weighted by molar-refractivity contribution is 4.78. The van der Waals surface area contributed by atoms with Crippen LogP contribution in [0.4, 0.5) is 0 Å². The van der Waals surface area contributed by atoms with Crippen LogP contribution in [0.15, 0.2) is 0 Å². The topological polar surface area (TPSA) is 3.24 Å². The molecule has 0 radical (unpaired) electrons. The van der Waals surface area contributed by atoms with Crippen molar-refractivity contribution in [1.29, 1.82) is 0 Å². The molecule has 0 aromatic carbocycles. The zero-order chi connectivity index (χ0) is 8.27. The molecule has 2 atom stereocenters. The van der Waals surface area contributed by atoms with Gasteiger partial charge in [0.2, 0.25) is 0 Å². The molecule has 0 spiro atoms. The molecule has 11 heavy (non-hydrogen) atoms. The van der Waals surface area contributed by atoms with Crippen LogP contribution in [0.5, 0.6) is 0 Å². The van der Waals surface area contributed by atoms with Crippen molar-refractivity contribution in [2.75, 3.05) is 13.6 Å². The van der Waals surface area contributed by atoms with Crippen LogP contribution in [0, 0.1) is 5.92 Å². The molecule has 0 bridgehead atoms. The third-order valence-electron chi connectivity index (χ3n) is 3.12. The van der Waals surface area contributed by atoms with E-state index in [1.54, 1.807) is 0 Å². The van der Waals surface area contributed by atoms with Gasteiger partial charge < -0.3 is 4.90 Å². The molecule has 0 aromatic rings. The maximum Gasteiger partial charge on any atom is 0.00921 e. The van der Waals surface area contributed by atoms with Gasteiger partial charge in [0.25, 0.3) is 0 Å². The van der Waals surface area contributed by atoms with Gasteiger partial charge in [0.15, 0.2) is 0 Å². The van der Waals surface area contributed by atoms with Crippen molar-refractivity contribution in [3.8, 4) is 0 Å². The second-order valence-corrected chi connectivity index (χ2v) is 3.91. The lowest BCUT2D eigenvalue weighted by Gasteiger charge is -2.36. The van der Waals surface area contributed by atoms with Crippen molar-refractivity contribution in [3.63, 3.8) is 0 Å². The largest absolute Gasteiger partial charge is 0.303 e. The predicted octanol–water partition coefficient (Wildman–Crippen LogP) is 2.52. The molecule has 1 heteroatoms. The molecular weight excluding hydrogens is 134 g/mol. The van der Waals surface area contributed by atoms with Gasteiger partial charge in [-0.05, 0) is 45.7 Å². The highest BCUT2D eigenvalue weighted by Gasteiger charge is 2.23. The Labute approximate surface area is 70.8 Å². The lowest BCUT2D eigenvalue weighted by molar-refractivity contribution is 0.127. The van der Waals surface area contributed by atoms with Gasteiger partial charge in [-0.2, -0.15) is 0 Å². The van der Waals surface area contributed by atoms with Crippen molar-refractivity contribution in [1.82, 2.24) is 4.90 Å². The lowest BCUT2D eigenvalue weighted by Crippen LogP contribution is -2.40. The third-order valence-corrected chi connectivity index (χ3v) is 3.12. The average molecular weight is 155 g/mol. The summed E-state index contributed by atoms with van der Waals surface area (Å²) in [7, 11) is 2.26. The lowest BCUT2D eigenvalue weighted by atomic mass is 9.87. The molecular formula is C10H21N. The SMILES string of the molecule is CCCC1CCCN(C)C1C. The number of hydrogen-bond donors (Lipinski definition) is 0. The molecule has 1 aliphatic heterocycles. The van der Waals surface area contributed by atoms with Gasteiger partial charge in [0.05, 0.1) is 0 Å². The molecule has 1 aliphatic rings. The molecule has 66 valence electrons. The number of piperidine rings is 1. The van der Waals surface area contributed by atoms with Crippen molar-refractivity contribution >= 4 is 0 Å². The summed E-state index contributed by atoms with van der Waals surface area (Å²) in [5, 5.41) is 0. The molecule has 0 N–H and O–H groups in total. The molecule has 1 rings (SSSR count). The summed E-state index contributed by atoms with van der Waals surface area (Å²) in [6.45, 7) is 5.97. The summed E-state index contributed by atoms with van der Waals surface area (Å²) in [5.41, 5.74) is 0. The molecule has 2 unspecified atom stereocenters. The normalized spacial score (nSPS) is 34.1. The number of nitrogens with zero attached hydrogens (tertiary/aromatic N) is 1.